The molecule has 1 heterocycles. The van der Waals surface area contributed by atoms with Crippen LogP contribution in [0.4, 0.5) is 0 Å². The van der Waals surface area contributed by atoms with Gasteiger partial charge in [-0.05, 0) is 48.2 Å². The van der Waals surface area contributed by atoms with Crippen molar-refractivity contribution < 1.29 is 9.21 Å². The fourth-order valence-corrected chi connectivity index (χ4v) is 2.93. The quantitative estimate of drug-likeness (QED) is 0.680. The molecule has 1 aliphatic rings. The van der Waals surface area contributed by atoms with Crippen molar-refractivity contribution >= 4 is 5.91 Å². The molecule has 3 aromatic rings. The Morgan fingerprint density at radius 1 is 0.917 bits per heavy atom. The number of furan rings is 1. The van der Waals surface area contributed by atoms with E-state index in [0.29, 0.717) is 12.6 Å². The Morgan fingerprint density at radius 3 is 2.25 bits per heavy atom. The Labute approximate surface area is 141 Å². The minimum atomic E-state index is 0.0773. The van der Waals surface area contributed by atoms with Gasteiger partial charge < -0.3 is 9.32 Å². The second kappa shape index (κ2) is 6.36. The molecule has 0 radical (unpaired) electrons. The summed E-state index contributed by atoms with van der Waals surface area (Å²) in [6, 6.07) is 22.2. The average molecular weight is 317 g/mol. The number of carbonyl (C=O) groups is 1. The summed E-state index contributed by atoms with van der Waals surface area (Å²) in [4.78, 5) is 14.8. The Bertz CT molecular complexity index is 803. The first-order chi connectivity index (χ1) is 11.8. The molecule has 1 fully saturated rings. The van der Waals surface area contributed by atoms with Gasteiger partial charge in [0.1, 0.15) is 5.76 Å². The molecular formula is C21H19NO2. The van der Waals surface area contributed by atoms with Crippen molar-refractivity contribution in [1.29, 1.82) is 0 Å². The van der Waals surface area contributed by atoms with Crippen LogP contribution in [0.25, 0.3) is 11.1 Å². The van der Waals surface area contributed by atoms with E-state index in [1.54, 1.807) is 6.26 Å². The number of nitrogens with zero attached hydrogens (tertiary/aromatic N) is 1. The molecule has 1 saturated carbocycles. The highest BCUT2D eigenvalue weighted by molar-refractivity contribution is 5.95. The van der Waals surface area contributed by atoms with Crippen molar-refractivity contribution in [3.8, 4) is 11.1 Å². The molecule has 24 heavy (non-hydrogen) atoms. The molecule has 4 rings (SSSR count). The lowest BCUT2D eigenvalue weighted by Crippen LogP contribution is -2.32. The van der Waals surface area contributed by atoms with Gasteiger partial charge in [0.05, 0.1) is 12.8 Å². The van der Waals surface area contributed by atoms with Crippen LogP contribution in [-0.2, 0) is 6.54 Å². The highest BCUT2D eigenvalue weighted by atomic mass is 16.3. The van der Waals surface area contributed by atoms with Crippen molar-refractivity contribution in [2.45, 2.75) is 25.4 Å². The van der Waals surface area contributed by atoms with Crippen molar-refractivity contribution in [3.05, 3.63) is 84.3 Å². The standard InChI is InChI=1S/C21H19NO2/c23-21(22(19-12-13-19)15-20-7-4-14-24-20)18-10-8-17(9-11-18)16-5-2-1-3-6-16/h1-11,14,19H,12-13,15H2. The summed E-state index contributed by atoms with van der Waals surface area (Å²) in [6.45, 7) is 0.539. The Morgan fingerprint density at radius 2 is 1.62 bits per heavy atom. The third-order valence-corrected chi connectivity index (χ3v) is 4.39. The SMILES string of the molecule is O=C(c1ccc(-c2ccccc2)cc1)N(Cc1ccco1)C1CC1. The summed E-state index contributed by atoms with van der Waals surface area (Å²) < 4.78 is 5.41. The van der Waals surface area contributed by atoms with Crippen molar-refractivity contribution in [3.63, 3.8) is 0 Å². The molecule has 0 aliphatic heterocycles. The second-order valence-electron chi connectivity index (χ2n) is 6.19. The smallest absolute Gasteiger partial charge is 0.254 e. The maximum absolute atomic E-state index is 12.9. The van der Waals surface area contributed by atoms with Gasteiger partial charge in [0.25, 0.3) is 5.91 Å². The molecule has 0 spiro atoms. The summed E-state index contributed by atoms with van der Waals surface area (Å²) in [5, 5.41) is 0. The number of benzene rings is 2. The number of amides is 1. The topological polar surface area (TPSA) is 33.5 Å². The number of hydrogen-bond donors (Lipinski definition) is 0. The van der Waals surface area contributed by atoms with Gasteiger partial charge in [-0.25, -0.2) is 0 Å². The first-order valence-electron chi connectivity index (χ1n) is 8.30. The van der Waals surface area contributed by atoms with Crippen LogP contribution in [-0.4, -0.2) is 16.8 Å². The van der Waals surface area contributed by atoms with Crippen LogP contribution in [0.5, 0.6) is 0 Å². The largest absolute Gasteiger partial charge is 0.467 e. The highest BCUT2D eigenvalue weighted by Crippen LogP contribution is 2.30. The van der Waals surface area contributed by atoms with Crippen LogP contribution < -0.4 is 0 Å². The normalized spacial score (nSPS) is 13.7. The maximum atomic E-state index is 12.9. The van der Waals surface area contributed by atoms with Crippen molar-refractivity contribution in [1.82, 2.24) is 4.90 Å². The molecule has 1 amide bonds. The van der Waals surface area contributed by atoms with E-state index in [1.165, 1.54) is 0 Å². The summed E-state index contributed by atoms with van der Waals surface area (Å²) in [7, 11) is 0. The van der Waals surface area contributed by atoms with E-state index in [4.69, 9.17) is 4.42 Å². The van der Waals surface area contributed by atoms with E-state index in [-0.39, 0.29) is 5.91 Å². The van der Waals surface area contributed by atoms with E-state index in [9.17, 15) is 4.79 Å². The summed E-state index contributed by atoms with van der Waals surface area (Å²) in [5.74, 6) is 0.907. The molecule has 2 aromatic carbocycles. The molecule has 3 nitrogen and oxygen atoms in total. The van der Waals surface area contributed by atoms with Gasteiger partial charge in [0.15, 0.2) is 0 Å². The zero-order chi connectivity index (χ0) is 16.4. The van der Waals surface area contributed by atoms with Gasteiger partial charge in [-0.15, -0.1) is 0 Å². The Balaban J connectivity index is 1.54. The fourth-order valence-electron chi connectivity index (χ4n) is 2.93. The van der Waals surface area contributed by atoms with Crippen LogP contribution in [0.1, 0.15) is 29.0 Å². The summed E-state index contributed by atoms with van der Waals surface area (Å²) in [5.41, 5.74) is 3.01. The van der Waals surface area contributed by atoms with Gasteiger partial charge in [-0.3, -0.25) is 4.79 Å². The minimum absolute atomic E-state index is 0.0773. The highest BCUT2D eigenvalue weighted by Gasteiger charge is 2.33. The molecule has 0 N–H and O–H groups in total. The monoisotopic (exact) mass is 317 g/mol. The minimum Gasteiger partial charge on any atom is -0.467 e. The lowest BCUT2D eigenvalue weighted by atomic mass is 10.0. The molecule has 0 saturated heterocycles. The van der Waals surface area contributed by atoms with Crippen LogP contribution >= 0.6 is 0 Å². The Hall–Kier alpha value is -2.81. The van der Waals surface area contributed by atoms with E-state index >= 15 is 0 Å². The van der Waals surface area contributed by atoms with Crippen LogP contribution in [0.3, 0.4) is 0 Å². The third-order valence-electron chi connectivity index (χ3n) is 4.39. The number of rotatable bonds is 5. The molecule has 3 heteroatoms. The predicted molar refractivity (Wildman–Crippen MR) is 93.5 cm³/mol. The molecule has 0 unspecified atom stereocenters. The first kappa shape index (κ1) is 14.8. The zero-order valence-electron chi connectivity index (χ0n) is 13.4. The number of hydrogen-bond acceptors (Lipinski definition) is 2. The van der Waals surface area contributed by atoms with E-state index in [0.717, 1.165) is 35.3 Å². The van der Waals surface area contributed by atoms with Crippen molar-refractivity contribution in [2.75, 3.05) is 0 Å². The van der Waals surface area contributed by atoms with Crippen LogP contribution in [0.15, 0.2) is 77.4 Å². The van der Waals surface area contributed by atoms with E-state index in [1.807, 2.05) is 59.5 Å². The van der Waals surface area contributed by atoms with Gasteiger partial charge in [0.2, 0.25) is 0 Å². The van der Waals surface area contributed by atoms with Crippen LogP contribution in [0.2, 0.25) is 0 Å². The molecule has 1 aromatic heterocycles. The number of carbonyl (C=O) groups excluding carboxylic acids is 1. The first-order valence-corrected chi connectivity index (χ1v) is 8.30. The second-order valence-corrected chi connectivity index (χ2v) is 6.19. The van der Waals surface area contributed by atoms with E-state index < -0.39 is 0 Å². The maximum Gasteiger partial charge on any atom is 0.254 e. The van der Waals surface area contributed by atoms with Crippen molar-refractivity contribution in [2.24, 2.45) is 0 Å². The predicted octanol–water partition coefficient (Wildman–Crippen LogP) is 4.75. The molecule has 0 atom stereocenters. The lowest BCUT2D eigenvalue weighted by Gasteiger charge is -2.21. The third kappa shape index (κ3) is 3.11. The lowest BCUT2D eigenvalue weighted by molar-refractivity contribution is 0.0717. The summed E-state index contributed by atoms with van der Waals surface area (Å²) in [6.07, 6.45) is 3.81. The molecular weight excluding hydrogens is 298 g/mol. The van der Waals surface area contributed by atoms with Gasteiger partial charge >= 0.3 is 0 Å². The van der Waals surface area contributed by atoms with Crippen LogP contribution in [0, 0.1) is 0 Å². The van der Waals surface area contributed by atoms with Gasteiger partial charge in [-0.1, -0.05) is 42.5 Å². The molecule has 1 aliphatic carbocycles. The van der Waals surface area contributed by atoms with E-state index in [2.05, 4.69) is 12.1 Å². The zero-order valence-corrected chi connectivity index (χ0v) is 13.4. The molecule has 120 valence electrons. The van der Waals surface area contributed by atoms with Gasteiger partial charge in [-0.2, -0.15) is 0 Å². The van der Waals surface area contributed by atoms with Gasteiger partial charge in [0, 0.05) is 11.6 Å². The fraction of sp³-hybridized carbons (Fsp3) is 0.190. The summed E-state index contributed by atoms with van der Waals surface area (Å²) >= 11 is 0. The molecule has 0 bridgehead atoms. The Kier molecular flexibility index (Phi) is 3.91. The average Bonchev–Trinajstić information content (AvgIpc) is 3.36.